The molecular formula is C20H18FN5O3. The number of rotatable bonds is 4. The molecule has 3 aliphatic carbocycles. The van der Waals surface area contributed by atoms with Crippen molar-refractivity contribution >= 4 is 22.9 Å². The van der Waals surface area contributed by atoms with Crippen molar-refractivity contribution in [3.05, 3.63) is 30.0 Å². The SMILES string of the molecule is N#Cc1nc(-c2c[nH]c3ncc(F)cc23)oc1NC1C2CCC(CC2)[C@@H]1C(=O)O. The van der Waals surface area contributed by atoms with Gasteiger partial charge in [0, 0.05) is 17.6 Å². The molecule has 9 heteroatoms. The number of H-pyrrole nitrogens is 1. The zero-order valence-corrected chi connectivity index (χ0v) is 15.4. The number of hydrogen-bond donors (Lipinski definition) is 3. The molecule has 0 saturated heterocycles. The maximum atomic E-state index is 13.6. The third kappa shape index (κ3) is 2.83. The van der Waals surface area contributed by atoms with Gasteiger partial charge in [-0.1, -0.05) is 0 Å². The summed E-state index contributed by atoms with van der Waals surface area (Å²) in [5.41, 5.74) is 1.00. The highest BCUT2D eigenvalue weighted by Crippen LogP contribution is 2.46. The van der Waals surface area contributed by atoms with Crippen molar-refractivity contribution in [1.29, 1.82) is 5.26 Å². The Bertz CT molecular complexity index is 1140. The molecule has 0 aromatic carbocycles. The van der Waals surface area contributed by atoms with Crippen LogP contribution in [-0.2, 0) is 4.79 Å². The minimum Gasteiger partial charge on any atom is -0.481 e. The van der Waals surface area contributed by atoms with Crippen LogP contribution in [0.5, 0.6) is 0 Å². The van der Waals surface area contributed by atoms with Crippen molar-refractivity contribution in [2.45, 2.75) is 31.7 Å². The van der Waals surface area contributed by atoms with Crippen molar-refractivity contribution < 1.29 is 18.7 Å². The Kier molecular flexibility index (Phi) is 4.01. The summed E-state index contributed by atoms with van der Waals surface area (Å²) in [5.74, 6) is -1.19. The quantitative estimate of drug-likeness (QED) is 0.616. The maximum Gasteiger partial charge on any atom is 0.308 e. The molecule has 6 rings (SSSR count). The van der Waals surface area contributed by atoms with Gasteiger partial charge in [0.25, 0.3) is 0 Å². The second-order valence-corrected chi connectivity index (χ2v) is 7.77. The van der Waals surface area contributed by atoms with Gasteiger partial charge in [0.2, 0.25) is 17.5 Å². The van der Waals surface area contributed by atoms with E-state index in [1.165, 1.54) is 6.07 Å². The summed E-state index contributed by atoms with van der Waals surface area (Å²) in [6.07, 6.45) is 6.46. The number of aliphatic carboxylic acids is 1. The van der Waals surface area contributed by atoms with Crippen LogP contribution in [0.15, 0.2) is 22.9 Å². The average Bonchev–Trinajstić information content (AvgIpc) is 3.31. The van der Waals surface area contributed by atoms with Gasteiger partial charge in [0.15, 0.2) is 0 Å². The smallest absolute Gasteiger partial charge is 0.308 e. The maximum absolute atomic E-state index is 13.6. The van der Waals surface area contributed by atoms with E-state index in [9.17, 15) is 19.6 Å². The number of fused-ring (bicyclic) bond motifs is 4. The summed E-state index contributed by atoms with van der Waals surface area (Å²) in [6.45, 7) is 0. The molecule has 2 bridgehead atoms. The zero-order chi connectivity index (χ0) is 20.1. The van der Waals surface area contributed by atoms with Crippen LogP contribution in [0.4, 0.5) is 10.3 Å². The lowest BCUT2D eigenvalue weighted by Gasteiger charge is -2.46. The molecule has 3 aromatic heterocycles. The van der Waals surface area contributed by atoms with Crippen LogP contribution in [0.2, 0.25) is 0 Å². The molecule has 2 atom stereocenters. The average molecular weight is 395 g/mol. The normalized spacial score (nSPS) is 25.8. The summed E-state index contributed by atoms with van der Waals surface area (Å²) < 4.78 is 19.5. The van der Waals surface area contributed by atoms with Crippen LogP contribution in [-0.4, -0.2) is 32.1 Å². The number of nitriles is 1. The molecule has 0 spiro atoms. The molecule has 8 nitrogen and oxygen atoms in total. The number of pyridine rings is 1. The van der Waals surface area contributed by atoms with Gasteiger partial charge < -0.3 is 19.8 Å². The van der Waals surface area contributed by atoms with E-state index in [-0.39, 0.29) is 35.3 Å². The second-order valence-electron chi connectivity index (χ2n) is 7.77. The Balaban J connectivity index is 1.52. The van der Waals surface area contributed by atoms with Crippen molar-refractivity contribution in [2.24, 2.45) is 17.8 Å². The number of aromatic amines is 1. The second kappa shape index (κ2) is 6.58. The largest absolute Gasteiger partial charge is 0.481 e. The van der Waals surface area contributed by atoms with Gasteiger partial charge >= 0.3 is 5.97 Å². The molecule has 3 saturated carbocycles. The van der Waals surface area contributed by atoms with Crippen molar-refractivity contribution in [3.8, 4) is 17.5 Å². The van der Waals surface area contributed by atoms with E-state index < -0.39 is 17.7 Å². The predicted molar refractivity (Wildman–Crippen MR) is 100 cm³/mol. The standard InChI is InChI=1S/C20H18FN5O3/c21-11-5-12-13(8-24-17(12)23-7-11)18-25-14(6-22)19(29-18)26-16-10-3-1-9(2-4-10)15(16)20(27)28/h5,7-10,15-16,26H,1-4H2,(H,23,24)(H,27,28)/t9?,10?,15-,16?/m0/s1. The first kappa shape index (κ1) is 17.7. The monoisotopic (exact) mass is 395 g/mol. The molecule has 3 aromatic rings. The summed E-state index contributed by atoms with van der Waals surface area (Å²) in [5, 5.41) is 22.9. The van der Waals surface area contributed by atoms with Crippen LogP contribution in [0, 0.1) is 34.9 Å². The minimum atomic E-state index is -0.826. The Morgan fingerprint density at radius 3 is 2.83 bits per heavy atom. The zero-order valence-electron chi connectivity index (χ0n) is 15.4. The Morgan fingerprint density at radius 1 is 1.34 bits per heavy atom. The lowest BCUT2D eigenvalue weighted by Crippen LogP contribution is -2.51. The Morgan fingerprint density at radius 2 is 2.10 bits per heavy atom. The Hall–Kier alpha value is -3.41. The molecule has 3 aliphatic rings. The highest BCUT2D eigenvalue weighted by Gasteiger charge is 2.47. The number of anilines is 1. The van der Waals surface area contributed by atoms with Crippen LogP contribution < -0.4 is 5.32 Å². The minimum absolute atomic E-state index is 0.0456. The third-order valence-corrected chi connectivity index (χ3v) is 6.26. The fourth-order valence-corrected chi connectivity index (χ4v) is 4.93. The van der Waals surface area contributed by atoms with E-state index in [0.29, 0.717) is 16.6 Å². The van der Waals surface area contributed by atoms with Crippen LogP contribution >= 0.6 is 0 Å². The number of nitrogens with one attached hydrogen (secondary N) is 2. The number of carbonyl (C=O) groups is 1. The van der Waals surface area contributed by atoms with E-state index in [1.807, 2.05) is 6.07 Å². The highest BCUT2D eigenvalue weighted by atomic mass is 19.1. The van der Waals surface area contributed by atoms with E-state index in [4.69, 9.17) is 4.42 Å². The van der Waals surface area contributed by atoms with Crippen LogP contribution in [0.25, 0.3) is 22.5 Å². The molecule has 0 aliphatic heterocycles. The number of halogens is 1. The lowest BCUT2D eigenvalue weighted by molar-refractivity contribution is -0.148. The number of carboxylic acids is 1. The first-order valence-corrected chi connectivity index (χ1v) is 9.58. The number of carboxylic acid groups (broad SMARTS) is 1. The van der Waals surface area contributed by atoms with Gasteiger partial charge in [-0.15, -0.1) is 0 Å². The highest BCUT2D eigenvalue weighted by molar-refractivity contribution is 5.91. The molecule has 29 heavy (non-hydrogen) atoms. The third-order valence-electron chi connectivity index (χ3n) is 6.26. The number of hydrogen-bond acceptors (Lipinski definition) is 6. The molecular weight excluding hydrogens is 377 g/mol. The van der Waals surface area contributed by atoms with Crippen LogP contribution in [0.1, 0.15) is 31.4 Å². The summed E-state index contributed by atoms with van der Waals surface area (Å²) in [4.78, 5) is 23.0. The summed E-state index contributed by atoms with van der Waals surface area (Å²) in [6, 6.07) is 3.01. The van der Waals surface area contributed by atoms with Gasteiger partial charge in [0.1, 0.15) is 17.5 Å². The van der Waals surface area contributed by atoms with Gasteiger partial charge in [-0.2, -0.15) is 10.2 Å². The molecule has 148 valence electrons. The molecule has 3 fully saturated rings. The van der Waals surface area contributed by atoms with Crippen molar-refractivity contribution in [3.63, 3.8) is 0 Å². The number of oxazole rings is 1. The lowest BCUT2D eigenvalue weighted by atomic mass is 9.61. The summed E-state index contributed by atoms with van der Waals surface area (Å²) >= 11 is 0. The van der Waals surface area contributed by atoms with Crippen LogP contribution in [0.3, 0.4) is 0 Å². The summed E-state index contributed by atoms with van der Waals surface area (Å²) in [7, 11) is 0. The van der Waals surface area contributed by atoms with Gasteiger partial charge in [-0.05, 0) is 43.6 Å². The molecule has 1 unspecified atom stereocenters. The van der Waals surface area contributed by atoms with Crippen molar-refractivity contribution in [1.82, 2.24) is 15.0 Å². The number of nitrogens with zero attached hydrogens (tertiary/aromatic N) is 3. The first-order chi connectivity index (χ1) is 14.0. The van der Waals surface area contributed by atoms with E-state index >= 15 is 0 Å². The fraction of sp³-hybridized carbons (Fsp3) is 0.400. The number of aromatic nitrogens is 3. The molecule has 0 amide bonds. The van der Waals surface area contributed by atoms with E-state index in [0.717, 1.165) is 31.9 Å². The topological polar surface area (TPSA) is 128 Å². The molecule has 3 heterocycles. The molecule has 0 radical (unpaired) electrons. The Labute approximate surface area is 164 Å². The van der Waals surface area contributed by atoms with Gasteiger partial charge in [-0.25, -0.2) is 9.37 Å². The van der Waals surface area contributed by atoms with Crippen molar-refractivity contribution in [2.75, 3.05) is 5.32 Å². The fourth-order valence-electron chi connectivity index (χ4n) is 4.93. The van der Waals surface area contributed by atoms with E-state index in [1.54, 1.807) is 6.20 Å². The van der Waals surface area contributed by atoms with Gasteiger partial charge in [-0.3, -0.25) is 4.79 Å². The van der Waals surface area contributed by atoms with E-state index in [2.05, 4.69) is 20.3 Å². The predicted octanol–water partition coefficient (Wildman–Crippen LogP) is 3.53. The first-order valence-electron chi connectivity index (χ1n) is 9.58. The van der Waals surface area contributed by atoms with Gasteiger partial charge in [0.05, 0.1) is 17.7 Å². The molecule has 3 N–H and O–H groups in total.